The molecule has 0 spiro atoms. The largest absolute Gasteiger partial charge is 0.494 e. The van der Waals surface area contributed by atoms with Crippen molar-refractivity contribution in [1.29, 1.82) is 0 Å². The number of fused-ring (bicyclic) bond motifs is 1. The van der Waals surface area contributed by atoms with E-state index in [0.29, 0.717) is 0 Å². The standard InChI is InChI=1S/C24H39N3O/c1-25-12-5-7-23(25)20-27-16-10-21-8-9-24(19-22(21)11-17-27)28-18-6-15-26-13-3-2-4-14-26/h8-9,19,23H,2-7,10-18,20H2,1H3. The fourth-order valence-corrected chi connectivity index (χ4v) is 5.19. The zero-order valence-electron chi connectivity index (χ0n) is 17.9. The van der Waals surface area contributed by atoms with Crippen molar-refractivity contribution in [3.8, 4) is 5.75 Å². The maximum Gasteiger partial charge on any atom is 0.119 e. The summed E-state index contributed by atoms with van der Waals surface area (Å²) in [6, 6.07) is 7.60. The predicted octanol–water partition coefficient (Wildman–Crippen LogP) is 3.44. The highest BCUT2D eigenvalue weighted by Crippen LogP contribution is 2.23. The maximum absolute atomic E-state index is 6.11. The minimum atomic E-state index is 0.764. The van der Waals surface area contributed by atoms with E-state index in [9.17, 15) is 0 Å². The highest BCUT2D eigenvalue weighted by molar-refractivity contribution is 5.36. The molecular formula is C24H39N3O. The van der Waals surface area contributed by atoms with Gasteiger partial charge < -0.3 is 19.4 Å². The molecule has 0 bridgehead atoms. The topological polar surface area (TPSA) is 19.0 Å². The summed E-state index contributed by atoms with van der Waals surface area (Å²) in [4.78, 5) is 7.83. The third kappa shape index (κ3) is 5.49. The van der Waals surface area contributed by atoms with Gasteiger partial charge in [0.25, 0.3) is 0 Å². The Labute approximate surface area is 171 Å². The van der Waals surface area contributed by atoms with Crippen LogP contribution in [0.4, 0.5) is 0 Å². The molecule has 0 aromatic heterocycles. The van der Waals surface area contributed by atoms with E-state index in [1.54, 1.807) is 0 Å². The third-order valence-electron chi connectivity index (χ3n) is 7.05. The highest BCUT2D eigenvalue weighted by atomic mass is 16.5. The van der Waals surface area contributed by atoms with Gasteiger partial charge in [-0.25, -0.2) is 0 Å². The molecule has 0 amide bonds. The molecule has 4 heteroatoms. The van der Waals surface area contributed by atoms with Gasteiger partial charge in [-0.15, -0.1) is 0 Å². The monoisotopic (exact) mass is 385 g/mol. The zero-order valence-corrected chi connectivity index (χ0v) is 17.9. The summed E-state index contributed by atoms with van der Waals surface area (Å²) in [6.07, 6.45) is 10.4. The summed E-state index contributed by atoms with van der Waals surface area (Å²) >= 11 is 0. The second kappa shape index (κ2) is 10.1. The lowest BCUT2D eigenvalue weighted by molar-refractivity contribution is 0.198. The van der Waals surface area contributed by atoms with Crippen LogP contribution in [0.3, 0.4) is 0 Å². The van der Waals surface area contributed by atoms with Crippen LogP contribution in [0.2, 0.25) is 0 Å². The molecule has 28 heavy (non-hydrogen) atoms. The van der Waals surface area contributed by atoms with E-state index in [1.165, 1.54) is 95.5 Å². The quantitative estimate of drug-likeness (QED) is 0.669. The molecule has 0 saturated carbocycles. The number of ether oxygens (including phenoxy) is 1. The van der Waals surface area contributed by atoms with Crippen molar-refractivity contribution in [2.75, 3.05) is 59.5 Å². The predicted molar refractivity (Wildman–Crippen MR) is 116 cm³/mol. The van der Waals surface area contributed by atoms with Crippen molar-refractivity contribution in [2.24, 2.45) is 0 Å². The Morgan fingerprint density at radius 2 is 1.71 bits per heavy atom. The minimum absolute atomic E-state index is 0.764. The maximum atomic E-state index is 6.11. The highest BCUT2D eigenvalue weighted by Gasteiger charge is 2.24. The van der Waals surface area contributed by atoms with E-state index >= 15 is 0 Å². The molecule has 156 valence electrons. The van der Waals surface area contributed by atoms with Gasteiger partial charge in [0.1, 0.15) is 5.75 Å². The molecule has 2 saturated heterocycles. The average Bonchev–Trinajstić information content (AvgIpc) is 3.02. The van der Waals surface area contributed by atoms with E-state index in [4.69, 9.17) is 4.74 Å². The summed E-state index contributed by atoms with van der Waals surface area (Å²) < 4.78 is 6.11. The lowest BCUT2D eigenvalue weighted by Crippen LogP contribution is -2.39. The molecule has 0 radical (unpaired) electrons. The molecule has 1 aromatic carbocycles. The Kier molecular flexibility index (Phi) is 7.27. The molecule has 3 heterocycles. The number of piperidine rings is 1. The van der Waals surface area contributed by atoms with Gasteiger partial charge in [-0.1, -0.05) is 12.5 Å². The fourth-order valence-electron chi connectivity index (χ4n) is 5.19. The number of rotatable bonds is 7. The van der Waals surface area contributed by atoms with Crippen molar-refractivity contribution in [3.63, 3.8) is 0 Å². The Bertz CT molecular complexity index is 614. The van der Waals surface area contributed by atoms with Gasteiger partial charge in [0.05, 0.1) is 6.61 Å². The second-order valence-corrected chi connectivity index (χ2v) is 9.11. The molecule has 2 fully saturated rings. The molecule has 0 N–H and O–H groups in total. The van der Waals surface area contributed by atoms with Gasteiger partial charge in [0, 0.05) is 32.2 Å². The second-order valence-electron chi connectivity index (χ2n) is 9.11. The Balaban J connectivity index is 1.23. The number of likely N-dealkylation sites (tertiary alicyclic amines) is 2. The van der Waals surface area contributed by atoms with Crippen LogP contribution < -0.4 is 4.74 Å². The summed E-state index contributed by atoms with van der Waals surface area (Å²) in [5, 5.41) is 0. The smallest absolute Gasteiger partial charge is 0.119 e. The molecule has 1 aromatic rings. The van der Waals surface area contributed by atoms with Gasteiger partial charge in [0.2, 0.25) is 0 Å². The summed E-state index contributed by atoms with van der Waals surface area (Å²) in [5.41, 5.74) is 3.04. The first-order chi connectivity index (χ1) is 13.8. The lowest BCUT2D eigenvalue weighted by atomic mass is 10.0. The zero-order chi connectivity index (χ0) is 19.2. The van der Waals surface area contributed by atoms with Crippen LogP contribution in [0.15, 0.2) is 18.2 Å². The van der Waals surface area contributed by atoms with Crippen LogP contribution in [-0.4, -0.2) is 80.2 Å². The summed E-state index contributed by atoms with van der Waals surface area (Å²) in [6.45, 7) is 9.51. The van der Waals surface area contributed by atoms with Crippen molar-refractivity contribution < 1.29 is 4.74 Å². The van der Waals surface area contributed by atoms with Crippen LogP contribution in [0.5, 0.6) is 5.75 Å². The van der Waals surface area contributed by atoms with E-state index in [2.05, 4.69) is 39.9 Å². The molecule has 1 unspecified atom stereocenters. The van der Waals surface area contributed by atoms with Gasteiger partial charge in [-0.3, -0.25) is 0 Å². The van der Waals surface area contributed by atoms with Crippen LogP contribution in [-0.2, 0) is 12.8 Å². The van der Waals surface area contributed by atoms with E-state index in [1.807, 2.05) is 0 Å². The first-order valence-corrected chi connectivity index (χ1v) is 11.7. The summed E-state index contributed by atoms with van der Waals surface area (Å²) in [7, 11) is 2.29. The summed E-state index contributed by atoms with van der Waals surface area (Å²) in [5.74, 6) is 1.07. The van der Waals surface area contributed by atoms with Gasteiger partial charge >= 0.3 is 0 Å². The Morgan fingerprint density at radius 3 is 2.50 bits per heavy atom. The first-order valence-electron chi connectivity index (χ1n) is 11.7. The lowest BCUT2D eigenvalue weighted by Gasteiger charge is -2.27. The molecule has 4 rings (SSSR count). The number of nitrogens with zero attached hydrogens (tertiary/aromatic N) is 3. The number of benzene rings is 1. The van der Waals surface area contributed by atoms with Crippen LogP contribution >= 0.6 is 0 Å². The minimum Gasteiger partial charge on any atom is -0.494 e. The van der Waals surface area contributed by atoms with Gasteiger partial charge in [0.15, 0.2) is 0 Å². The molecule has 1 atom stereocenters. The van der Waals surface area contributed by atoms with Crippen LogP contribution in [0.1, 0.15) is 49.7 Å². The SMILES string of the molecule is CN1CCCC1CN1CCc2ccc(OCCCN3CCCCC3)cc2CC1. The van der Waals surface area contributed by atoms with E-state index in [-0.39, 0.29) is 0 Å². The Hall–Kier alpha value is -1.10. The first kappa shape index (κ1) is 20.2. The molecule has 3 aliphatic heterocycles. The van der Waals surface area contributed by atoms with Crippen LogP contribution in [0, 0.1) is 0 Å². The number of hydrogen-bond donors (Lipinski definition) is 0. The molecule has 0 aliphatic carbocycles. The van der Waals surface area contributed by atoms with E-state index < -0.39 is 0 Å². The number of hydrogen-bond acceptors (Lipinski definition) is 4. The van der Waals surface area contributed by atoms with Crippen molar-refractivity contribution in [2.45, 2.75) is 57.4 Å². The molecular weight excluding hydrogens is 346 g/mol. The Morgan fingerprint density at radius 1 is 0.893 bits per heavy atom. The third-order valence-corrected chi connectivity index (χ3v) is 7.05. The molecule has 3 aliphatic rings. The fraction of sp³-hybridized carbons (Fsp3) is 0.750. The average molecular weight is 386 g/mol. The van der Waals surface area contributed by atoms with Gasteiger partial charge in [-0.2, -0.15) is 0 Å². The molecule has 4 nitrogen and oxygen atoms in total. The van der Waals surface area contributed by atoms with Crippen molar-refractivity contribution in [3.05, 3.63) is 29.3 Å². The van der Waals surface area contributed by atoms with Crippen LogP contribution in [0.25, 0.3) is 0 Å². The van der Waals surface area contributed by atoms with Crippen molar-refractivity contribution >= 4 is 0 Å². The number of likely N-dealkylation sites (N-methyl/N-ethyl adjacent to an activating group) is 1. The van der Waals surface area contributed by atoms with E-state index in [0.717, 1.165) is 31.2 Å². The van der Waals surface area contributed by atoms with Gasteiger partial charge in [-0.05, 0) is 94.9 Å². The normalized spacial score (nSPS) is 24.8. The van der Waals surface area contributed by atoms with Crippen molar-refractivity contribution in [1.82, 2.24) is 14.7 Å².